The molecule has 0 N–H and O–H groups in total. The van der Waals surface area contributed by atoms with Gasteiger partial charge in [0.1, 0.15) is 0 Å². The number of nitriles is 3. The van der Waals surface area contributed by atoms with E-state index >= 15 is 0 Å². The SMILES string of the molecule is N#Cc1ccc(-c2ccc3c(c2)c2ccccc2n3-c2c(-c3ccccc3C#N)cc(-c3nc(-c4ccccc4)nc(-c4ccccc4)n3)cc2-c2ccccc2C#N)cc1. The number of aromatic nitrogens is 4. The van der Waals surface area contributed by atoms with Crippen LogP contribution in [0, 0.1) is 34.0 Å². The van der Waals surface area contributed by atoms with Crippen molar-refractivity contribution in [3.63, 3.8) is 0 Å². The van der Waals surface area contributed by atoms with E-state index < -0.39 is 0 Å². The number of fused-ring (bicyclic) bond motifs is 3. The Balaban J connectivity index is 1.33. The third-order valence-electron chi connectivity index (χ3n) is 11.0. The summed E-state index contributed by atoms with van der Waals surface area (Å²) in [4.78, 5) is 15.2. The summed E-state index contributed by atoms with van der Waals surface area (Å²) in [6, 6.07) is 68.5. The Morgan fingerprint density at radius 3 is 1.38 bits per heavy atom. The number of nitrogens with zero attached hydrogens (tertiary/aromatic N) is 7. The maximum absolute atomic E-state index is 10.6. The standard InChI is InChI=1S/C54H31N7/c55-32-35-23-25-36(26-24-35)39-27-28-50-46(29-39)45-21-11-12-22-49(45)61(50)51-47(43-19-9-7-17-40(43)33-56)30-42(31-48(51)44-20-10-8-18-41(44)34-57)54-59-52(37-13-3-1-4-14-37)58-53(60-54)38-15-5-2-6-16-38/h1-31H. The zero-order valence-corrected chi connectivity index (χ0v) is 32.5. The van der Waals surface area contributed by atoms with Crippen LogP contribution < -0.4 is 0 Å². The molecule has 0 fully saturated rings. The minimum absolute atomic E-state index is 0.444. The molecule has 282 valence electrons. The van der Waals surface area contributed by atoms with Gasteiger partial charge in [0.15, 0.2) is 17.5 Å². The highest BCUT2D eigenvalue weighted by Gasteiger charge is 2.25. The van der Waals surface area contributed by atoms with Gasteiger partial charge in [0.2, 0.25) is 0 Å². The molecular weight excluding hydrogens is 747 g/mol. The molecule has 0 saturated heterocycles. The van der Waals surface area contributed by atoms with Crippen LogP contribution in [0.15, 0.2) is 188 Å². The van der Waals surface area contributed by atoms with E-state index in [1.54, 1.807) is 0 Å². The Morgan fingerprint density at radius 2 is 0.820 bits per heavy atom. The van der Waals surface area contributed by atoms with Gasteiger partial charge in [-0.1, -0.05) is 133 Å². The van der Waals surface area contributed by atoms with Crippen molar-refractivity contribution in [3.8, 4) is 91.4 Å². The van der Waals surface area contributed by atoms with Crippen molar-refractivity contribution in [1.82, 2.24) is 19.5 Å². The third kappa shape index (κ3) is 6.54. The summed E-state index contributed by atoms with van der Waals surface area (Å²) in [5.41, 5.74) is 11.6. The van der Waals surface area contributed by atoms with Crippen molar-refractivity contribution in [3.05, 3.63) is 205 Å². The second-order valence-corrected chi connectivity index (χ2v) is 14.5. The number of hydrogen-bond donors (Lipinski definition) is 0. The van der Waals surface area contributed by atoms with Crippen LogP contribution in [0.4, 0.5) is 0 Å². The van der Waals surface area contributed by atoms with E-state index in [1.165, 1.54) is 0 Å². The molecule has 7 nitrogen and oxygen atoms in total. The summed E-state index contributed by atoms with van der Waals surface area (Å²) < 4.78 is 2.25. The molecule has 0 radical (unpaired) electrons. The Morgan fingerprint density at radius 1 is 0.344 bits per heavy atom. The van der Waals surface area contributed by atoms with Crippen molar-refractivity contribution in [2.24, 2.45) is 0 Å². The van der Waals surface area contributed by atoms with Gasteiger partial charge < -0.3 is 4.57 Å². The Bertz CT molecular complexity index is 3300. The lowest BCUT2D eigenvalue weighted by atomic mass is 9.89. The fourth-order valence-corrected chi connectivity index (χ4v) is 8.11. The molecule has 7 heteroatoms. The van der Waals surface area contributed by atoms with Gasteiger partial charge in [0, 0.05) is 49.7 Å². The summed E-state index contributed by atoms with van der Waals surface area (Å²) in [5.74, 6) is 1.49. The minimum atomic E-state index is 0.444. The van der Waals surface area contributed by atoms with Crippen molar-refractivity contribution < 1.29 is 0 Å². The van der Waals surface area contributed by atoms with Crippen molar-refractivity contribution in [1.29, 1.82) is 15.8 Å². The zero-order chi connectivity index (χ0) is 41.3. The van der Waals surface area contributed by atoms with Crippen LogP contribution in [0.3, 0.4) is 0 Å². The van der Waals surface area contributed by atoms with Gasteiger partial charge in [0.25, 0.3) is 0 Å². The molecule has 2 heterocycles. The summed E-state index contributed by atoms with van der Waals surface area (Å²) in [5, 5.41) is 32.8. The van der Waals surface area contributed by atoms with Crippen LogP contribution in [0.1, 0.15) is 16.7 Å². The zero-order valence-electron chi connectivity index (χ0n) is 32.5. The molecule has 10 aromatic rings. The van der Waals surface area contributed by atoms with Gasteiger partial charge in [-0.2, -0.15) is 15.8 Å². The van der Waals surface area contributed by atoms with Crippen LogP contribution in [0.2, 0.25) is 0 Å². The lowest BCUT2D eigenvalue weighted by Crippen LogP contribution is -2.05. The van der Waals surface area contributed by atoms with E-state index in [0.29, 0.717) is 39.7 Å². The second-order valence-electron chi connectivity index (χ2n) is 14.5. The molecule has 0 aliphatic heterocycles. The molecule has 0 aliphatic carbocycles. The second kappa shape index (κ2) is 15.4. The third-order valence-corrected chi connectivity index (χ3v) is 11.0. The molecule has 8 aromatic carbocycles. The van der Waals surface area contributed by atoms with E-state index in [0.717, 1.165) is 72.0 Å². The maximum Gasteiger partial charge on any atom is 0.164 e. The van der Waals surface area contributed by atoms with Gasteiger partial charge in [-0.05, 0) is 65.7 Å². The van der Waals surface area contributed by atoms with Gasteiger partial charge in [-0.15, -0.1) is 0 Å². The fraction of sp³-hybridized carbons (Fsp3) is 0. The van der Waals surface area contributed by atoms with Crippen molar-refractivity contribution >= 4 is 21.8 Å². The first-order chi connectivity index (χ1) is 30.1. The highest BCUT2D eigenvalue weighted by atomic mass is 15.0. The van der Waals surface area contributed by atoms with Crippen LogP contribution in [-0.2, 0) is 0 Å². The fourth-order valence-electron chi connectivity index (χ4n) is 8.11. The van der Waals surface area contributed by atoms with Crippen LogP contribution in [0.25, 0.3) is 95.0 Å². The minimum Gasteiger partial charge on any atom is -0.308 e. The lowest BCUT2D eigenvalue weighted by molar-refractivity contribution is 1.07. The maximum atomic E-state index is 10.6. The van der Waals surface area contributed by atoms with Gasteiger partial charge >= 0.3 is 0 Å². The van der Waals surface area contributed by atoms with Crippen molar-refractivity contribution in [2.45, 2.75) is 0 Å². The van der Waals surface area contributed by atoms with E-state index in [4.69, 9.17) is 15.0 Å². The van der Waals surface area contributed by atoms with E-state index in [-0.39, 0.29) is 0 Å². The average Bonchev–Trinajstić information content (AvgIpc) is 3.67. The Labute approximate surface area is 352 Å². The number of rotatable bonds is 7. The topological polar surface area (TPSA) is 115 Å². The number of benzene rings is 8. The smallest absolute Gasteiger partial charge is 0.164 e. The van der Waals surface area contributed by atoms with Crippen LogP contribution >= 0.6 is 0 Å². The van der Waals surface area contributed by atoms with E-state index in [1.807, 2.05) is 146 Å². The molecule has 0 amide bonds. The highest BCUT2D eigenvalue weighted by molar-refractivity contribution is 6.12. The number of hydrogen-bond acceptors (Lipinski definition) is 6. The summed E-state index contributed by atoms with van der Waals surface area (Å²) in [6.45, 7) is 0. The largest absolute Gasteiger partial charge is 0.308 e. The summed E-state index contributed by atoms with van der Waals surface area (Å²) in [6.07, 6.45) is 0. The van der Waals surface area contributed by atoms with Crippen LogP contribution in [0.5, 0.6) is 0 Å². The van der Waals surface area contributed by atoms with Gasteiger partial charge in [-0.25, -0.2) is 15.0 Å². The first-order valence-corrected chi connectivity index (χ1v) is 19.7. The molecule has 10 rings (SSSR count). The molecule has 0 unspecified atom stereocenters. The molecule has 0 atom stereocenters. The molecule has 0 aliphatic rings. The quantitative estimate of drug-likeness (QED) is 0.159. The summed E-state index contributed by atoms with van der Waals surface area (Å²) in [7, 11) is 0. The molecular formula is C54H31N7. The first kappa shape index (κ1) is 36.4. The van der Waals surface area contributed by atoms with Gasteiger partial charge in [-0.3, -0.25) is 0 Å². The predicted molar refractivity (Wildman–Crippen MR) is 241 cm³/mol. The molecule has 2 aromatic heterocycles. The molecule has 0 spiro atoms. The Kier molecular flexibility index (Phi) is 9.20. The van der Waals surface area contributed by atoms with Crippen molar-refractivity contribution in [2.75, 3.05) is 0 Å². The molecule has 61 heavy (non-hydrogen) atoms. The number of para-hydroxylation sites is 1. The Hall–Kier alpha value is -8.96. The van der Waals surface area contributed by atoms with E-state index in [2.05, 4.69) is 65.2 Å². The summed E-state index contributed by atoms with van der Waals surface area (Å²) >= 11 is 0. The lowest BCUT2D eigenvalue weighted by Gasteiger charge is -2.22. The predicted octanol–water partition coefficient (Wildman–Crippen LogP) is 12.6. The first-order valence-electron chi connectivity index (χ1n) is 19.7. The van der Waals surface area contributed by atoms with Crippen LogP contribution in [-0.4, -0.2) is 19.5 Å². The highest BCUT2D eigenvalue weighted by Crippen LogP contribution is 2.45. The normalized spacial score (nSPS) is 10.9. The monoisotopic (exact) mass is 777 g/mol. The molecule has 0 bridgehead atoms. The molecule has 0 saturated carbocycles. The van der Waals surface area contributed by atoms with Gasteiger partial charge in [0.05, 0.1) is 51.6 Å². The average molecular weight is 778 g/mol. The van der Waals surface area contributed by atoms with E-state index in [9.17, 15) is 15.8 Å².